The van der Waals surface area contributed by atoms with Crippen LogP contribution in [0.25, 0.3) is 0 Å². The molecule has 0 fully saturated rings. The van der Waals surface area contributed by atoms with Crippen LogP contribution in [0.5, 0.6) is 0 Å². The summed E-state index contributed by atoms with van der Waals surface area (Å²) in [4.78, 5) is 10.5. The van der Waals surface area contributed by atoms with E-state index >= 15 is 0 Å². The average molecular weight is 1120 g/mol. The van der Waals surface area contributed by atoms with Gasteiger partial charge in [-0.3, -0.25) is 0 Å². The lowest BCUT2D eigenvalue weighted by atomic mass is 9.89. The molecule has 0 N–H and O–H groups in total. The largest absolute Gasteiger partial charge is 0.744 e. The molecule has 6 nitrogen and oxygen atoms in total. The third-order valence-corrected chi connectivity index (χ3v) is 20.3. The van der Waals surface area contributed by atoms with Gasteiger partial charge in [0.1, 0.15) is 20.2 Å². The predicted molar refractivity (Wildman–Crippen MR) is 320 cm³/mol. The lowest BCUT2D eigenvalue weighted by molar-refractivity contribution is 0.457. The zero-order valence-electron chi connectivity index (χ0n) is 46.4. The van der Waals surface area contributed by atoms with E-state index in [4.69, 9.17) is 0 Å². The fourth-order valence-electron chi connectivity index (χ4n) is 8.82. The Morgan fingerprint density at radius 1 is 0.312 bits per heavy atom. The van der Waals surface area contributed by atoms with Crippen molar-refractivity contribution >= 4 is 53.8 Å². The van der Waals surface area contributed by atoms with Crippen molar-refractivity contribution in [2.45, 2.75) is 168 Å². The van der Waals surface area contributed by atoms with Crippen LogP contribution in [0.3, 0.4) is 0 Å². The summed E-state index contributed by atoms with van der Waals surface area (Å²) < 4.78 is 69.7. The first-order chi connectivity index (χ1) is 36.5. The SMILES string of the molecule is CC(C)c1cc(C(C)C)c(S(=O)(=O)[O-])c(C(C)C)c1.CC(C)c1cc(C(C)C)c(S(=O)(=O)[O-])c(C(C)C)c1.c1ccc([S+](c2ccccc2)c2ccc(Sc3ccc([S+](c4ccccc4)c4ccccc4)cc3)cc2)cc1. The van der Waals surface area contributed by atoms with Crippen LogP contribution < -0.4 is 0 Å². The zero-order valence-corrected chi connectivity index (χ0v) is 50.5. The van der Waals surface area contributed by atoms with Gasteiger partial charge in [-0.25, -0.2) is 16.8 Å². The molecule has 0 unspecified atom stereocenters. The molecule has 0 saturated heterocycles. The highest BCUT2D eigenvalue weighted by atomic mass is 32.2. The summed E-state index contributed by atoms with van der Waals surface area (Å²) in [5.74, 6) is 0.645. The quantitative estimate of drug-likeness (QED) is 0.0699. The van der Waals surface area contributed by atoms with Crippen molar-refractivity contribution in [2.24, 2.45) is 0 Å². The summed E-state index contributed by atoms with van der Waals surface area (Å²) in [7, 11) is -9.14. The third-order valence-electron chi connectivity index (χ3n) is 12.9. The van der Waals surface area contributed by atoms with E-state index in [1.807, 2.05) is 91.4 Å². The van der Waals surface area contributed by atoms with Crippen LogP contribution in [0.4, 0.5) is 0 Å². The van der Waals surface area contributed by atoms with Gasteiger partial charge in [0, 0.05) is 9.79 Å². The van der Waals surface area contributed by atoms with Gasteiger partial charge in [-0.05, 0) is 166 Å². The van der Waals surface area contributed by atoms with Gasteiger partial charge in [0.15, 0.2) is 29.4 Å². The molecule has 8 aromatic carbocycles. The topological polar surface area (TPSA) is 114 Å². The smallest absolute Gasteiger partial charge is 0.166 e. The average Bonchev–Trinajstić information content (AvgIpc) is 3.41. The van der Waals surface area contributed by atoms with E-state index in [1.54, 1.807) is 0 Å². The predicted octanol–water partition coefficient (Wildman–Crippen LogP) is 18.0. The Morgan fingerprint density at radius 2 is 0.519 bits per heavy atom. The zero-order chi connectivity index (χ0) is 56.2. The molecular formula is C66H74O6S5. The minimum Gasteiger partial charge on any atom is -0.744 e. The fourth-order valence-corrected chi connectivity index (χ4v) is 16.1. The second kappa shape index (κ2) is 27.5. The maximum absolute atomic E-state index is 11.6. The van der Waals surface area contributed by atoms with Gasteiger partial charge in [0.2, 0.25) is 0 Å². The van der Waals surface area contributed by atoms with Gasteiger partial charge in [-0.1, -0.05) is 192 Å². The third kappa shape index (κ3) is 16.4. The Bertz CT molecular complexity index is 3000. The molecule has 0 radical (unpaired) electrons. The van der Waals surface area contributed by atoms with Crippen molar-refractivity contribution in [1.82, 2.24) is 0 Å². The van der Waals surface area contributed by atoms with E-state index in [9.17, 15) is 25.9 Å². The van der Waals surface area contributed by atoms with Crippen LogP contribution in [-0.4, -0.2) is 25.9 Å². The Labute approximate surface area is 471 Å². The summed E-state index contributed by atoms with van der Waals surface area (Å²) in [5, 5.41) is 0. The second-order valence-corrected chi connectivity index (χ2v) is 28.6. The van der Waals surface area contributed by atoms with Gasteiger partial charge >= 0.3 is 0 Å². The number of hydrogen-bond donors (Lipinski definition) is 0. The number of benzene rings is 8. The molecule has 0 aliphatic rings. The lowest BCUT2D eigenvalue weighted by Crippen LogP contribution is -2.11. The number of hydrogen-bond acceptors (Lipinski definition) is 7. The summed E-state index contributed by atoms with van der Waals surface area (Å²) in [6.07, 6.45) is 0. The molecule has 404 valence electrons. The van der Waals surface area contributed by atoms with Gasteiger partial charge in [-0.2, -0.15) is 0 Å². The molecule has 0 aromatic heterocycles. The highest BCUT2D eigenvalue weighted by Gasteiger charge is 2.30. The van der Waals surface area contributed by atoms with Crippen LogP contribution in [0, 0.1) is 0 Å². The van der Waals surface area contributed by atoms with E-state index in [-0.39, 0.29) is 55.3 Å². The summed E-state index contributed by atoms with van der Waals surface area (Å²) in [6, 6.07) is 69.0. The monoisotopic (exact) mass is 1120 g/mol. The molecule has 0 aliphatic carbocycles. The van der Waals surface area contributed by atoms with Gasteiger partial charge < -0.3 is 9.11 Å². The van der Waals surface area contributed by atoms with Gasteiger partial charge in [0.25, 0.3) is 0 Å². The van der Waals surface area contributed by atoms with Gasteiger partial charge in [-0.15, -0.1) is 0 Å². The molecule has 11 heteroatoms. The Balaban J connectivity index is 0.000000212. The molecule has 8 rings (SSSR count). The molecule has 0 spiro atoms. The van der Waals surface area contributed by atoms with Crippen molar-refractivity contribution in [3.8, 4) is 0 Å². The summed E-state index contributed by atoms with van der Waals surface area (Å²) in [5.41, 5.74) is 4.74. The molecule has 0 amide bonds. The molecule has 0 atom stereocenters. The van der Waals surface area contributed by atoms with E-state index in [1.165, 1.54) is 39.2 Å². The fraction of sp³-hybridized carbons (Fsp3) is 0.273. The van der Waals surface area contributed by atoms with Crippen molar-refractivity contribution in [2.75, 3.05) is 0 Å². The molecule has 0 saturated carbocycles. The summed E-state index contributed by atoms with van der Waals surface area (Å²) >= 11 is 1.82. The van der Waals surface area contributed by atoms with E-state index in [0.29, 0.717) is 34.1 Å². The first kappa shape index (κ1) is 60.9. The Kier molecular flexibility index (Phi) is 21.7. The normalized spacial score (nSPS) is 11.9. The molecule has 0 bridgehead atoms. The first-order valence-electron chi connectivity index (χ1n) is 26.3. The van der Waals surface area contributed by atoms with Gasteiger partial charge in [0.05, 0.1) is 31.6 Å². The minimum absolute atomic E-state index is 0.00919. The Morgan fingerprint density at radius 3 is 0.701 bits per heavy atom. The highest BCUT2D eigenvalue weighted by Crippen LogP contribution is 2.39. The van der Waals surface area contributed by atoms with E-state index in [0.717, 1.165) is 11.1 Å². The lowest BCUT2D eigenvalue weighted by Gasteiger charge is -2.24. The molecule has 8 aromatic rings. The maximum Gasteiger partial charge on any atom is 0.166 e. The van der Waals surface area contributed by atoms with Crippen molar-refractivity contribution in [3.63, 3.8) is 0 Å². The molecule has 0 aliphatic heterocycles. The minimum atomic E-state index is -4.45. The highest BCUT2D eigenvalue weighted by molar-refractivity contribution is 7.99. The molecular weight excluding hydrogens is 1050 g/mol. The van der Waals surface area contributed by atoms with E-state index in [2.05, 4.69) is 198 Å². The second-order valence-electron chi connectivity index (χ2n) is 20.8. The van der Waals surface area contributed by atoms with Crippen molar-refractivity contribution < 1.29 is 25.9 Å². The first-order valence-corrected chi connectivity index (χ1v) is 32.4. The van der Waals surface area contributed by atoms with Crippen LogP contribution >= 0.6 is 11.8 Å². The Hall–Kier alpha value is -5.37. The van der Waals surface area contributed by atoms with Crippen LogP contribution in [0.1, 0.15) is 152 Å². The molecule has 77 heavy (non-hydrogen) atoms. The van der Waals surface area contributed by atoms with E-state index < -0.39 is 20.2 Å². The van der Waals surface area contributed by atoms with Crippen LogP contribution in [0.15, 0.2) is 243 Å². The van der Waals surface area contributed by atoms with Crippen LogP contribution in [-0.2, 0) is 42.0 Å². The van der Waals surface area contributed by atoms with Crippen molar-refractivity contribution in [1.29, 1.82) is 0 Å². The number of rotatable bonds is 16. The maximum atomic E-state index is 11.6. The van der Waals surface area contributed by atoms with Crippen molar-refractivity contribution in [3.05, 3.63) is 228 Å². The molecule has 0 heterocycles. The standard InChI is InChI=1S/C36H28S3.2C15H24O3S/c1-5-13-31(14-6-1)38(32-15-7-2-8-16-32)35-25-21-29(22-26-35)37-30-23-27-36(28-24-30)39(33-17-9-3-10-18-33)34-19-11-4-12-20-34;2*1-9(2)12-7-13(10(3)4)15(19(16,17)18)14(8-12)11(5)6/h1-28H;2*7-11H,1-6H3,(H,16,17,18)/q+2;;/p-2. The summed E-state index contributed by atoms with van der Waals surface area (Å²) in [6.45, 7) is 23.6. The van der Waals surface area contributed by atoms with Crippen LogP contribution in [0.2, 0.25) is 0 Å².